The van der Waals surface area contributed by atoms with Crippen molar-refractivity contribution in [2.45, 2.75) is 31.8 Å². The van der Waals surface area contributed by atoms with E-state index >= 15 is 0 Å². The third-order valence-corrected chi connectivity index (χ3v) is 4.42. The summed E-state index contributed by atoms with van der Waals surface area (Å²) in [6, 6.07) is 16.1. The van der Waals surface area contributed by atoms with Gasteiger partial charge in [-0.1, -0.05) is 42.5 Å². The number of nitrogens with one attached hydrogen (secondary N) is 1. The highest BCUT2D eigenvalue weighted by molar-refractivity contribution is 6.10. The van der Waals surface area contributed by atoms with Crippen LogP contribution >= 0.6 is 0 Å². The Morgan fingerprint density at radius 2 is 1.48 bits per heavy atom. The molecule has 0 saturated carbocycles. The van der Waals surface area contributed by atoms with E-state index in [1.807, 2.05) is 63.2 Å². The molecule has 0 radical (unpaired) electrons. The minimum absolute atomic E-state index is 0.277. The maximum Gasteiger partial charge on any atom is 0.326 e. The number of nitrogens with zero attached hydrogens (tertiary/aromatic N) is 1. The summed E-state index contributed by atoms with van der Waals surface area (Å²) in [6.45, 7) is 5.54. The Hall–Kier alpha value is -2.82. The van der Waals surface area contributed by atoms with Gasteiger partial charge in [0.05, 0.1) is 7.11 Å². The average molecular weight is 338 g/mol. The number of rotatable bonds is 3. The molecule has 5 heteroatoms. The van der Waals surface area contributed by atoms with Crippen molar-refractivity contribution in [1.82, 2.24) is 10.2 Å². The minimum Gasteiger partial charge on any atom is -0.497 e. The quantitative estimate of drug-likeness (QED) is 0.874. The molecule has 5 nitrogen and oxygen atoms in total. The Labute approximate surface area is 147 Å². The van der Waals surface area contributed by atoms with Gasteiger partial charge >= 0.3 is 6.03 Å². The van der Waals surface area contributed by atoms with Crippen LogP contribution in [-0.2, 0) is 10.3 Å². The summed E-state index contributed by atoms with van der Waals surface area (Å²) in [5.41, 5.74) is -0.433. The van der Waals surface area contributed by atoms with Gasteiger partial charge in [-0.3, -0.25) is 9.69 Å². The lowest BCUT2D eigenvalue weighted by Gasteiger charge is -2.32. The lowest BCUT2D eigenvalue weighted by molar-refractivity contribution is -0.133. The highest BCUT2D eigenvalue weighted by Gasteiger charge is 2.56. The van der Waals surface area contributed by atoms with Crippen LogP contribution in [0.5, 0.6) is 5.75 Å². The second kappa shape index (κ2) is 5.92. The summed E-state index contributed by atoms with van der Waals surface area (Å²) in [7, 11) is 1.59. The first-order chi connectivity index (χ1) is 11.8. The fourth-order valence-corrected chi connectivity index (χ4v) is 3.23. The van der Waals surface area contributed by atoms with Crippen molar-refractivity contribution in [3.8, 4) is 5.75 Å². The summed E-state index contributed by atoms with van der Waals surface area (Å²) in [6.07, 6.45) is 0. The van der Waals surface area contributed by atoms with Crippen molar-refractivity contribution in [1.29, 1.82) is 0 Å². The largest absolute Gasteiger partial charge is 0.497 e. The van der Waals surface area contributed by atoms with E-state index in [0.717, 1.165) is 5.56 Å². The van der Waals surface area contributed by atoms with Gasteiger partial charge in [-0.25, -0.2) is 4.79 Å². The molecule has 0 aliphatic carbocycles. The molecule has 1 atom stereocenters. The third kappa shape index (κ3) is 2.65. The van der Waals surface area contributed by atoms with E-state index in [0.29, 0.717) is 11.3 Å². The topological polar surface area (TPSA) is 58.6 Å². The number of ether oxygens (including phenoxy) is 1. The maximum absolute atomic E-state index is 13.5. The summed E-state index contributed by atoms with van der Waals surface area (Å²) < 4.78 is 5.21. The molecule has 0 unspecified atom stereocenters. The van der Waals surface area contributed by atoms with Crippen LogP contribution in [-0.4, -0.2) is 29.5 Å². The molecule has 2 aromatic rings. The minimum atomic E-state index is -1.24. The van der Waals surface area contributed by atoms with E-state index in [2.05, 4.69) is 5.32 Å². The van der Waals surface area contributed by atoms with E-state index in [-0.39, 0.29) is 5.91 Å². The zero-order chi connectivity index (χ0) is 18.2. The van der Waals surface area contributed by atoms with Crippen LogP contribution in [0.4, 0.5) is 4.79 Å². The fraction of sp³-hybridized carbons (Fsp3) is 0.300. The Kier molecular flexibility index (Phi) is 4.03. The van der Waals surface area contributed by atoms with Crippen molar-refractivity contribution < 1.29 is 14.3 Å². The van der Waals surface area contributed by atoms with Gasteiger partial charge in [-0.05, 0) is 44.0 Å². The lowest BCUT2D eigenvalue weighted by atomic mass is 9.82. The normalized spacial score (nSPS) is 20.6. The Morgan fingerprint density at radius 1 is 0.920 bits per heavy atom. The molecule has 0 spiro atoms. The second-order valence-corrected chi connectivity index (χ2v) is 7.09. The van der Waals surface area contributed by atoms with Crippen LogP contribution in [0.1, 0.15) is 31.9 Å². The first kappa shape index (κ1) is 17.0. The molecule has 130 valence electrons. The van der Waals surface area contributed by atoms with Crippen LogP contribution in [0.25, 0.3) is 0 Å². The molecule has 0 aromatic heterocycles. The fourth-order valence-electron chi connectivity index (χ4n) is 3.23. The number of hydrogen-bond acceptors (Lipinski definition) is 3. The van der Waals surface area contributed by atoms with Gasteiger partial charge in [0.25, 0.3) is 5.91 Å². The van der Waals surface area contributed by atoms with Crippen LogP contribution in [0.3, 0.4) is 0 Å². The molecule has 1 aliphatic heterocycles. The first-order valence-corrected chi connectivity index (χ1v) is 8.17. The summed E-state index contributed by atoms with van der Waals surface area (Å²) >= 11 is 0. The molecule has 2 aromatic carbocycles. The number of hydrogen-bond donors (Lipinski definition) is 1. The van der Waals surface area contributed by atoms with Gasteiger partial charge in [0.2, 0.25) is 0 Å². The summed E-state index contributed by atoms with van der Waals surface area (Å²) in [5.74, 6) is 0.415. The molecule has 1 N–H and O–H groups in total. The molecule has 3 amide bonds. The zero-order valence-electron chi connectivity index (χ0n) is 14.9. The lowest BCUT2D eigenvalue weighted by Crippen LogP contribution is -2.48. The number of urea groups is 1. The average Bonchev–Trinajstić information content (AvgIpc) is 2.87. The molecule has 3 rings (SSSR count). The van der Waals surface area contributed by atoms with E-state index in [9.17, 15) is 9.59 Å². The number of carbonyl (C=O) groups is 2. The van der Waals surface area contributed by atoms with Crippen molar-refractivity contribution in [3.63, 3.8) is 0 Å². The van der Waals surface area contributed by atoms with Crippen LogP contribution in [0, 0.1) is 0 Å². The SMILES string of the molecule is COc1ccc([C@@]2(c3ccccc3)NC(=O)N(C(C)(C)C)C2=O)cc1. The number of benzene rings is 2. The predicted octanol–water partition coefficient (Wildman–Crippen LogP) is 3.29. The van der Waals surface area contributed by atoms with Crippen molar-refractivity contribution in [2.75, 3.05) is 7.11 Å². The van der Waals surface area contributed by atoms with Crippen LogP contribution < -0.4 is 10.1 Å². The van der Waals surface area contributed by atoms with Crippen molar-refractivity contribution in [3.05, 3.63) is 65.7 Å². The molecule has 1 heterocycles. The standard InChI is InChI=1S/C20H22N2O3/c1-19(2,3)22-17(23)20(21-18(22)24,14-8-6-5-7-9-14)15-10-12-16(25-4)13-11-15/h5-13H,1-4H3,(H,21,24)/t20-/m1/s1. The van der Waals surface area contributed by atoms with Gasteiger partial charge < -0.3 is 10.1 Å². The molecular weight excluding hydrogens is 316 g/mol. The van der Waals surface area contributed by atoms with Gasteiger partial charge in [-0.2, -0.15) is 0 Å². The highest BCUT2D eigenvalue weighted by atomic mass is 16.5. The Morgan fingerprint density at radius 3 is 1.96 bits per heavy atom. The van der Waals surface area contributed by atoms with Crippen molar-refractivity contribution in [2.24, 2.45) is 0 Å². The summed E-state index contributed by atoms with van der Waals surface area (Å²) in [5, 5.41) is 2.94. The number of imide groups is 1. The van der Waals surface area contributed by atoms with Gasteiger partial charge in [-0.15, -0.1) is 0 Å². The number of methoxy groups -OCH3 is 1. The number of amides is 3. The molecule has 1 saturated heterocycles. The summed E-state index contributed by atoms with van der Waals surface area (Å²) in [4.78, 5) is 27.4. The molecular formula is C20H22N2O3. The van der Waals surface area contributed by atoms with E-state index in [4.69, 9.17) is 4.74 Å². The molecule has 0 bridgehead atoms. The third-order valence-electron chi connectivity index (χ3n) is 4.42. The van der Waals surface area contributed by atoms with Crippen molar-refractivity contribution >= 4 is 11.9 Å². The Bertz CT molecular complexity index is 794. The predicted molar refractivity (Wildman–Crippen MR) is 95.3 cm³/mol. The second-order valence-electron chi connectivity index (χ2n) is 7.09. The first-order valence-electron chi connectivity index (χ1n) is 8.17. The highest BCUT2D eigenvalue weighted by Crippen LogP contribution is 2.39. The van der Waals surface area contributed by atoms with E-state index in [1.165, 1.54) is 4.90 Å². The molecule has 25 heavy (non-hydrogen) atoms. The zero-order valence-corrected chi connectivity index (χ0v) is 14.9. The van der Waals surface area contributed by atoms with Crippen LogP contribution in [0.15, 0.2) is 54.6 Å². The van der Waals surface area contributed by atoms with E-state index < -0.39 is 17.1 Å². The van der Waals surface area contributed by atoms with Gasteiger partial charge in [0.15, 0.2) is 5.54 Å². The van der Waals surface area contributed by atoms with E-state index in [1.54, 1.807) is 19.2 Å². The number of carbonyl (C=O) groups excluding carboxylic acids is 2. The molecule has 1 fully saturated rings. The molecule has 1 aliphatic rings. The van der Waals surface area contributed by atoms with Crippen LogP contribution in [0.2, 0.25) is 0 Å². The Balaban J connectivity index is 2.21. The maximum atomic E-state index is 13.5. The smallest absolute Gasteiger partial charge is 0.326 e. The van der Waals surface area contributed by atoms with Gasteiger partial charge in [0.1, 0.15) is 5.75 Å². The van der Waals surface area contributed by atoms with Gasteiger partial charge in [0, 0.05) is 5.54 Å². The monoisotopic (exact) mass is 338 g/mol.